The summed E-state index contributed by atoms with van der Waals surface area (Å²) in [5, 5.41) is 0. The highest BCUT2D eigenvalue weighted by molar-refractivity contribution is 6.35. The molecular weight excluding hydrogens is 57.7 g/mol. The number of rotatable bonds is 2. The van der Waals surface area contributed by atoms with Crippen LogP contribution in [0.5, 0.6) is 0 Å². The van der Waals surface area contributed by atoms with Crippen LogP contribution in [0, 0.1) is 0 Å². The maximum Gasteiger partial charge on any atom is 0.0610 e. The van der Waals surface area contributed by atoms with Gasteiger partial charge in [-0.05, 0) is 7.28 Å². The van der Waals surface area contributed by atoms with E-state index in [1.54, 1.807) is 0 Å². The van der Waals surface area contributed by atoms with Crippen LogP contribution in [0.25, 0.3) is 0 Å². The lowest BCUT2D eigenvalue weighted by Crippen LogP contribution is -1.75. The molecule has 0 aromatic heterocycles. The molecule has 0 unspecified atom stereocenters. The smallest absolute Gasteiger partial charge is 0.0610 e. The van der Waals surface area contributed by atoms with Crippen molar-refractivity contribution in [3.8, 4) is 0 Å². The first-order valence-electron chi connectivity index (χ1n) is 2.62. The molecule has 0 nitrogen and oxygen atoms in total. The summed E-state index contributed by atoms with van der Waals surface area (Å²) in [4.78, 5) is 0. The van der Waals surface area contributed by atoms with E-state index >= 15 is 0 Å². The van der Waals surface area contributed by atoms with Gasteiger partial charge in [0.15, 0.2) is 0 Å². The van der Waals surface area contributed by atoms with Gasteiger partial charge in [-0.3, -0.25) is 0 Å². The van der Waals surface area contributed by atoms with Crippen LogP contribution in [0.2, 0.25) is 19.5 Å². The first kappa shape index (κ1) is 5.13. The number of hydrogen-bond acceptors (Lipinski definition) is 0. The van der Waals surface area contributed by atoms with Gasteiger partial charge in [0.05, 0.1) is 7.85 Å². The maximum atomic E-state index is 5.17. The molecule has 28 valence electrons. The van der Waals surface area contributed by atoms with E-state index in [2.05, 4.69) is 6.82 Å². The van der Waals surface area contributed by atoms with Crippen molar-refractivity contribution in [2.45, 2.75) is 19.5 Å². The molecule has 2 heteroatoms. The minimum Gasteiger partial charge on any atom is -0.196 e. The van der Waals surface area contributed by atoms with Gasteiger partial charge in [0.1, 0.15) is 0 Å². The summed E-state index contributed by atoms with van der Waals surface area (Å²) in [7, 11) is 5.55. The van der Waals surface area contributed by atoms with E-state index in [0.29, 0.717) is 7.28 Å². The molecule has 0 rings (SSSR count). The molecule has 0 atom stereocenters. The maximum absolute atomic E-state index is 5.17. The second kappa shape index (κ2) is 4.13. The Morgan fingerprint density at radius 1 is 1.80 bits per heavy atom. The Morgan fingerprint density at radius 3 is 2.40 bits per heavy atom. The van der Waals surface area contributed by atoms with E-state index in [0.717, 1.165) is 6.32 Å². The van der Waals surface area contributed by atoms with Crippen molar-refractivity contribution in [1.82, 2.24) is 0 Å². The summed E-state index contributed by atoms with van der Waals surface area (Å²) in [6.07, 6.45) is 2.19. The highest BCUT2D eigenvalue weighted by Gasteiger charge is 1.62. The molecule has 0 aliphatic carbocycles. The Morgan fingerprint density at radius 2 is 2.40 bits per heavy atom. The van der Waals surface area contributed by atoms with Crippen molar-refractivity contribution in [3.05, 3.63) is 0 Å². The third kappa shape index (κ3) is 4.13. The molecule has 0 fully saturated rings. The summed E-state index contributed by atoms with van der Waals surface area (Å²) in [5.74, 6) is 0. The van der Waals surface area contributed by atoms with Crippen LogP contribution < -0.4 is 0 Å². The predicted octanol–water partition coefficient (Wildman–Crippen LogP) is 0.208. The van der Waals surface area contributed by atoms with Gasteiger partial charge in [0, 0.05) is 0 Å². The highest BCUT2D eigenvalue weighted by atomic mass is 13.5. The second-order valence-corrected chi connectivity index (χ2v) is 1.50. The minimum absolute atomic E-state index is 0.382. The van der Waals surface area contributed by atoms with Gasteiger partial charge < -0.3 is 0 Å². The summed E-state index contributed by atoms with van der Waals surface area (Å²) in [6, 6.07) is 0. The highest BCUT2D eigenvalue weighted by Crippen LogP contribution is 1.78. The van der Waals surface area contributed by atoms with Gasteiger partial charge in [-0.2, -0.15) is 13.1 Å². The normalized spacial score (nSPS) is 8.20. The molecule has 0 aromatic rings. The summed E-state index contributed by atoms with van der Waals surface area (Å²) in [6.45, 7) is 2.26. The zero-order valence-corrected chi connectivity index (χ0v) is 3.99. The zero-order valence-electron chi connectivity index (χ0n) is 3.99. The van der Waals surface area contributed by atoms with Crippen molar-refractivity contribution in [2.24, 2.45) is 0 Å². The molecule has 0 saturated carbocycles. The van der Waals surface area contributed by atoms with E-state index in [9.17, 15) is 0 Å². The van der Waals surface area contributed by atoms with E-state index in [1.807, 2.05) is 0 Å². The zero-order chi connectivity index (χ0) is 4.12. The molecule has 0 saturated heterocycles. The van der Waals surface area contributed by atoms with Crippen LogP contribution in [0.15, 0.2) is 0 Å². The van der Waals surface area contributed by atoms with Crippen LogP contribution in [0.4, 0.5) is 0 Å². The molecule has 0 bridgehead atoms. The lowest BCUT2D eigenvalue weighted by Gasteiger charge is -1.85. The van der Waals surface area contributed by atoms with Crippen molar-refractivity contribution >= 4 is 15.1 Å². The van der Waals surface area contributed by atoms with Crippen LogP contribution in [-0.4, -0.2) is 15.1 Å². The largest absolute Gasteiger partial charge is 0.196 e. The average molecular weight is 66.7 g/mol. The topological polar surface area (TPSA) is 0 Å². The van der Waals surface area contributed by atoms with Crippen molar-refractivity contribution in [2.75, 3.05) is 0 Å². The van der Waals surface area contributed by atoms with Crippen molar-refractivity contribution in [3.63, 3.8) is 0 Å². The third-order valence-corrected chi connectivity index (χ3v) is 0.789. The van der Waals surface area contributed by atoms with Gasteiger partial charge in [-0.1, -0.05) is 0 Å². The SMILES string of the molecule is [B]CC[BH2-]C. The fourth-order valence-electron chi connectivity index (χ4n) is 0.289. The van der Waals surface area contributed by atoms with Gasteiger partial charge >= 0.3 is 0 Å². The Balaban J connectivity index is 2.19. The molecule has 0 aromatic carbocycles. The van der Waals surface area contributed by atoms with E-state index in [-0.39, 0.29) is 0 Å². The van der Waals surface area contributed by atoms with Crippen LogP contribution in [0.1, 0.15) is 0 Å². The monoisotopic (exact) mass is 67.1 g/mol. The fraction of sp³-hybridized carbons (Fsp3) is 1.00. The Kier molecular flexibility index (Phi) is 4.24. The molecule has 0 spiro atoms. The molecule has 0 aliphatic rings. The quantitative estimate of drug-likeness (QED) is 0.405. The Hall–Kier alpha value is 0.130. The molecule has 2 radical (unpaired) electrons. The van der Waals surface area contributed by atoms with Crippen LogP contribution in [0.3, 0.4) is 0 Å². The van der Waals surface area contributed by atoms with E-state index < -0.39 is 0 Å². The average Bonchev–Trinajstić information content (AvgIpc) is 1.41. The molecule has 0 heterocycles. The van der Waals surface area contributed by atoms with Gasteiger partial charge in [0.2, 0.25) is 0 Å². The Labute approximate surface area is 35.6 Å². The summed E-state index contributed by atoms with van der Waals surface area (Å²) < 4.78 is 0. The predicted molar refractivity (Wildman–Crippen MR) is 29.8 cm³/mol. The van der Waals surface area contributed by atoms with Gasteiger partial charge in [-0.15, -0.1) is 6.32 Å². The summed E-state index contributed by atoms with van der Waals surface area (Å²) in [5.41, 5.74) is 0. The standard InChI is InChI=1S/C3H9B2/c1-5-3-2-4/h2-3,5H2,1H3/q-1. The molecule has 0 aliphatic heterocycles. The van der Waals surface area contributed by atoms with E-state index in [4.69, 9.17) is 7.85 Å². The molecule has 0 amide bonds. The molecule has 5 heavy (non-hydrogen) atoms. The summed E-state index contributed by atoms with van der Waals surface area (Å²) >= 11 is 0. The first-order chi connectivity index (χ1) is 2.41. The van der Waals surface area contributed by atoms with Gasteiger partial charge in [-0.25, -0.2) is 0 Å². The minimum atomic E-state index is 0.382. The van der Waals surface area contributed by atoms with Crippen molar-refractivity contribution in [1.29, 1.82) is 0 Å². The first-order valence-corrected chi connectivity index (χ1v) is 2.62. The second-order valence-electron chi connectivity index (χ2n) is 1.50. The van der Waals surface area contributed by atoms with Gasteiger partial charge in [0.25, 0.3) is 0 Å². The molecule has 0 N–H and O–H groups in total. The van der Waals surface area contributed by atoms with Crippen molar-refractivity contribution < 1.29 is 0 Å². The van der Waals surface area contributed by atoms with E-state index in [1.165, 1.54) is 6.32 Å². The lowest BCUT2D eigenvalue weighted by molar-refractivity contribution is 1.44. The third-order valence-electron chi connectivity index (χ3n) is 0.789. The Bertz CT molecular complexity index is 12.4. The fourth-order valence-corrected chi connectivity index (χ4v) is 0.289. The van der Waals surface area contributed by atoms with Crippen LogP contribution in [-0.2, 0) is 0 Å². The lowest BCUT2D eigenvalue weighted by atomic mass is 9.73. The van der Waals surface area contributed by atoms with Crippen LogP contribution >= 0.6 is 0 Å². The number of hydrogen-bond donors (Lipinski definition) is 0. The molecular formula is C3H9B2-.